The highest BCUT2D eigenvalue weighted by atomic mass is 16.5. The highest BCUT2D eigenvalue weighted by Gasteiger charge is 2.20. The zero-order valence-electron chi connectivity index (χ0n) is 12.1. The third-order valence-electron chi connectivity index (χ3n) is 3.53. The van der Waals surface area contributed by atoms with Crippen LogP contribution in [0.2, 0.25) is 0 Å². The number of nitrogen functional groups attached to an aromatic ring is 2. The molecule has 1 aromatic heterocycles. The monoisotopic (exact) mass is 301 g/mol. The lowest BCUT2D eigenvalue weighted by Crippen LogP contribution is -2.37. The Bertz CT molecular complexity index is 603. The molecule has 0 saturated carbocycles. The molecule has 0 unspecified atom stereocenters. The van der Waals surface area contributed by atoms with Crippen LogP contribution < -0.4 is 27.4 Å². The van der Waals surface area contributed by atoms with Gasteiger partial charge in [-0.3, -0.25) is 0 Å². The van der Waals surface area contributed by atoms with Crippen molar-refractivity contribution in [3.63, 3.8) is 0 Å². The fourth-order valence-electron chi connectivity index (χ4n) is 2.44. The summed E-state index contributed by atoms with van der Waals surface area (Å²) < 4.78 is 5.35. The lowest BCUT2D eigenvalue weighted by molar-refractivity contribution is 0.122. The summed E-state index contributed by atoms with van der Waals surface area (Å²) in [6, 6.07) is 9.72. The number of hydrogen-bond donors (Lipinski definition) is 4. The van der Waals surface area contributed by atoms with Crippen molar-refractivity contribution in [2.24, 2.45) is 11.7 Å². The van der Waals surface area contributed by atoms with Crippen LogP contribution in [0, 0.1) is 0 Å². The molecule has 8 nitrogen and oxygen atoms in total. The first-order chi connectivity index (χ1) is 10.8. The number of rotatable bonds is 4. The molecule has 116 valence electrons. The van der Waals surface area contributed by atoms with Crippen LogP contribution in [-0.2, 0) is 4.74 Å². The minimum atomic E-state index is 0.524. The Morgan fingerprint density at radius 1 is 0.955 bits per heavy atom. The van der Waals surface area contributed by atoms with Crippen LogP contribution in [0.4, 0.5) is 17.6 Å². The SMILES string of the molecule is NNc1nc(N2CCOCC2)nc(NN)c1-c1ccccc1. The standard InChI is InChI=1S/C14H19N7O/c15-19-12-11(10-4-2-1-3-5-10)13(20-16)18-14(17-12)21-6-8-22-9-7-21/h1-5H,6-9,15-16H2,(H2,17,18,19,20). The Morgan fingerprint density at radius 2 is 1.55 bits per heavy atom. The van der Waals surface area contributed by atoms with E-state index >= 15 is 0 Å². The van der Waals surface area contributed by atoms with Gasteiger partial charge >= 0.3 is 0 Å². The minimum absolute atomic E-state index is 0.524. The fraction of sp³-hybridized carbons (Fsp3) is 0.286. The van der Waals surface area contributed by atoms with E-state index in [0.717, 1.165) is 24.2 Å². The first kappa shape index (κ1) is 14.5. The smallest absolute Gasteiger partial charge is 0.229 e. The van der Waals surface area contributed by atoms with E-state index in [2.05, 4.69) is 20.8 Å². The molecule has 1 fully saturated rings. The number of nitrogens with two attached hydrogens (primary N) is 2. The zero-order valence-corrected chi connectivity index (χ0v) is 12.1. The summed E-state index contributed by atoms with van der Waals surface area (Å²) in [4.78, 5) is 11.1. The summed E-state index contributed by atoms with van der Waals surface area (Å²) >= 11 is 0. The van der Waals surface area contributed by atoms with Crippen LogP contribution >= 0.6 is 0 Å². The van der Waals surface area contributed by atoms with Crippen molar-refractivity contribution >= 4 is 17.6 Å². The molecule has 0 amide bonds. The van der Waals surface area contributed by atoms with Gasteiger partial charge in [-0.05, 0) is 5.56 Å². The molecular weight excluding hydrogens is 282 g/mol. The topological polar surface area (TPSA) is 114 Å². The molecule has 6 N–H and O–H groups in total. The molecule has 22 heavy (non-hydrogen) atoms. The van der Waals surface area contributed by atoms with E-state index in [-0.39, 0.29) is 0 Å². The molecule has 0 radical (unpaired) electrons. The number of nitrogens with one attached hydrogen (secondary N) is 2. The summed E-state index contributed by atoms with van der Waals surface area (Å²) in [6.07, 6.45) is 0. The van der Waals surface area contributed by atoms with E-state index in [1.54, 1.807) is 0 Å². The van der Waals surface area contributed by atoms with Gasteiger partial charge in [0.05, 0.1) is 18.8 Å². The molecule has 0 aliphatic carbocycles. The molecule has 1 aromatic carbocycles. The molecule has 0 bridgehead atoms. The van der Waals surface area contributed by atoms with Crippen LogP contribution in [0.3, 0.4) is 0 Å². The van der Waals surface area contributed by atoms with Gasteiger partial charge in [0.25, 0.3) is 0 Å². The van der Waals surface area contributed by atoms with Gasteiger partial charge in [0.15, 0.2) is 11.6 Å². The predicted octanol–water partition coefficient (Wildman–Crippen LogP) is 0.551. The lowest BCUT2D eigenvalue weighted by atomic mass is 10.1. The molecular formula is C14H19N7O. The highest BCUT2D eigenvalue weighted by molar-refractivity contribution is 5.85. The molecule has 8 heteroatoms. The van der Waals surface area contributed by atoms with E-state index in [4.69, 9.17) is 16.4 Å². The number of ether oxygens (including phenoxy) is 1. The number of anilines is 3. The molecule has 2 aromatic rings. The number of hydrazine groups is 2. The van der Waals surface area contributed by atoms with E-state index < -0.39 is 0 Å². The van der Waals surface area contributed by atoms with Gasteiger partial charge in [-0.2, -0.15) is 9.97 Å². The van der Waals surface area contributed by atoms with Gasteiger partial charge in [-0.25, -0.2) is 11.7 Å². The Kier molecular flexibility index (Phi) is 4.33. The van der Waals surface area contributed by atoms with E-state index in [1.807, 2.05) is 35.2 Å². The van der Waals surface area contributed by atoms with E-state index in [9.17, 15) is 0 Å². The zero-order chi connectivity index (χ0) is 15.4. The second-order valence-corrected chi connectivity index (χ2v) is 4.85. The maximum absolute atomic E-state index is 5.66. The van der Waals surface area contributed by atoms with Crippen LogP contribution in [0.25, 0.3) is 11.1 Å². The van der Waals surface area contributed by atoms with Gasteiger partial charge in [0, 0.05) is 13.1 Å². The second kappa shape index (κ2) is 6.56. The molecule has 1 saturated heterocycles. The van der Waals surface area contributed by atoms with Gasteiger partial charge in [-0.15, -0.1) is 0 Å². The average Bonchev–Trinajstić information content (AvgIpc) is 2.62. The Balaban J connectivity index is 2.06. The van der Waals surface area contributed by atoms with Crippen LogP contribution in [0.5, 0.6) is 0 Å². The normalized spacial score (nSPS) is 14.7. The Morgan fingerprint density at radius 3 is 2.09 bits per heavy atom. The maximum Gasteiger partial charge on any atom is 0.229 e. The largest absolute Gasteiger partial charge is 0.378 e. The fourth-order valence-corrected chi connectivity index (χ4v) is 2.44. The Labute approximate surface area is 128 Å². The second-order valence-electron chi connectivity index (χ2n) is 4.85. The minimum Gasteiger partial charge on any atom is -0.378 e. The van der Waals surface area contributed by atoms with Crippen molar-refractivity contribution in [2.45, 2.75) is 0 Å². The van der Waals surface area contributed by atoms with Crippen molar-refractivity contribution in [3.8, 4) is 11.1 Å². The van der Waals surface area contributed by atoms with Gasteiger partial charge in [0.1, 0.15) is 0 Å². The van der Waals surface area contributed by atoms with Gasteiger partial charge in [-0.1, -0.05) is 30.3 Å². The van der Waals surface area contributed by atoms with E-state index in [0.29, 0.717) is 30.8 Å². The molecule has 3 rings (SSSR count). The van der Waals surface area contributed by atoms with Gasteiger partial charge < -0.3 is 20.5 Å². The first-order valence-corrected chi connectivity index (χ1v) is 7.07. The first-order valence-electron chi connectivity index (χ1n) is 7.07. The molecule has 0 spiro atoms. The number of nitrogens with zero attached hydrogens (tertiary/aromatic N) is 3. The summed E-state index contributed by atoms with van der Waals surface area (Å²) in [6.45, 7) is 2.78. The number of hydrogen-bond acceptors (Lipinski definition) is 8. The summed E-state index contributed by atoms with van der Waals surface area (Å²) in [5, 5.41) is 0. The average molecular weight is 301 g/mol. The number of aromatic nitrogens is 2. The summed E-state index contributed by atoms with van der Waals surface area (Å²) in [7, 11) is 0. The van der Waals surface area contributed by atoms with Crippen LogP contribution in [-0.4, -0.2) is 36.3 Å². The highest BCUT2D eigenvalue weighted by Crippen LogP contribution is 2.33. The maximum atomic E-state index is 5.66. The molecule has 0 atom stereocenters. The van der Waals surface area contributed by atoms with Crippen molar-refractivity contribution in [3.05, 3.63) is 30.3 Å². The molecule has 2 heterocycles. The van der Waals surface area contributed by atoms with Gasteiger partial charge in [0.2, 0.25) is 5.95 Å². The molecule has 1 aliphatic heterocycles. The quantitative estimate of drug-likeness (QED) is 0.478. The van der Waals surface area contributed by atoms with Crippen molar-refractivity contribution in [1.82, 2.24) is 9.97 Å². The van der Waals surface area contributed by atoms with Crippen LogP contribution in [0.15, 0.2) is 30.3 Å². The predicted molar refractivity (Wildman–Crippen MR) is 86.1 cm³/mol. The van der Waals surface area contributed by atoms with Crippen molar-refractivity contribution in [1.29, 1.82) is 0 Å². The third kappa shape index (κ3) is 2.80. The lowest BCUT2D eigenvalue weighted by Gasteiger charge is -2.28. The Hall–Kier alpha value is -2.42. The van der Waals surface area contributed by atoms with E-state index in [1.165, 1.54) is 0 Å². The van der Waals surface area contributed by atoms with Crippen molar-refractivity contribution < 1.29 is 4.74 Å². The number of morpholine rings is 1. The number of benzene rings is 1. The summed E-state index contributed by atoms with van der Waals surface area (Å²) in [5.41, 5.74) is 6.95. The van der Waals surface area contributed by atoms with Crippen LogP contribution in [0.1, 0.15) is 0 Å². The third-order valence-corrected chi connectivity index (χ3v) is 3.53. The van der Waals surface area contributed by atoms with Crippen molar-refractivity contribution in [2.75, 3.05) is 42.1 Å². The summed E-state index contributed by atoms with van der Waals surface area (Å²) in [5.74, 6) is 12.9. The molecule has 1 aliphatic rings.